The van der Waals surface area contributed by atoms with Gasteiger partial charge in [-0.25, -0.2) is 0 Å². The number of carbonyl (C=O) groups is 1. The van der Waals surface area contributed by atoms with Crippen LogP contribution in [0.25, 0.3) is 5.70 Å². The first-order valence-corrected chi connectivity index (χ1v) is 8.14. The Hall–Kier alpha value is -1.46. The third-order valence-corrected chi connectivity index (χ3v) is 4.52. The highest BCUT2D eigenvalue weighted by atomic mass is 35.5. The highest BCUT2D eigenvalue weighted by Crippen LogP contribution is 2.34. The minimum Gasteiger partial charge on any atom is -0.356 e. The Morgan fingerprint density at radius 3 is 2.86 bits per heavy atom. The summed E-state index contributed by atoms with van der Waals surface area (Å²) >= 11 is 1.72. The largest absolute Gasteiger partial charge is 0.356 e. The molecule has 0 saturated carbocycles. The molecule has 4 nitrogen and oxygen atoms in total. The van der Waals surface area contributed by atoms with Gasteiger partial charge in [0, 0.05) is 32.0 Å². The first-order chi connectivity index (χ1) is 10.2. The van der Waals surface area contributed by atoms with E-state index in [0.717, 1.165) is 31.1 Å². The number of halogens is 1. The van der Waals surface area contributed by atoms with Crippen molar-refractivity contribution in [3.05, 3.63) is 40.8 Å². The average Bonchev–Trinajstić information content (AvgIpc) is 2.92. The number of nitrogens with zero attached hydrogens (tertiary/aromatic N) is 2. The molecule has 3 rings (SSSR count). The summed E-state index contributed by atoms with van der Waals surface area (Å²) < 4.78 is 0. The number of rotatable bonds is 4. The molecule has 0 bridgehead atoms. The lowest BCUT2D eigenvalue weighted by Gasteiger charge is -2.25. The number of hydrogen-bond acceptors (Lipinski definition) is 4. The summed E-state index contributed by atoms with van der Waals surface area (Å²) in [4.78, 5) is 17.7. The second-order valence-corrected chi connectivity index (χ2v) is 6.06. The number of aliphatic imine (C=N–C) groups is 1. The summed E-state index contributed by atoms with van der Waals surface area (Å²) in [6.45, 7) is 4.24. The van der Waals surface area contributed by atoms with Gasteiger partial charge in [0.2, 0.25) is 5.91 Å². The molecule has 0 radical (unpaired) electrons. The summed E-state index contributed by atoms with van der Waals surface area (Å²) in [6, 6.07) is 8.60. The molecular weight excluding hydrogens is 318 g/mol. The molecule has 1 N–H and O–H groups in total. The van der Waals surface area contributed by atoms with Crippen LogP contribution < -0.4 is 5.32 Å². The number of hydrogen-bond donors (Lipinski definition) is 1. The predicted molar refractivity (Wildman–Crippen MR) is 95.3 cm³/mol. The Morgan fingerprint density at radius 2 is 2.14 bits per heavy atom. The van der Waals surface area contributed by atoms with Crippen molar-refractivity contribution < 1.29 is 4.79 Å². The lowest BCUT2D eigenvalue weighted by Crippen LogP contribution is -2.28. The molecule has 0 unspecified atom stereocenters. The maximum absolute atomic E-state index is 10.9. The number of carbonyl (C=O) groups excluding carboxylic acids is 1. The van der Waals surface area contributed by atoms with Gasteiger partial charge in [-0.05, 0) is 24.0 Å². The van der Waals surface area contributed by atoms with Crippen LogP contribution in [0, 0.1) is 0 Å². The van der Waals surface area contributed by atoms with Crippen LogP contribution in [-0.2, 0) is 11.2 Å². The van der Waals surface area contributed by atoms with Crippen LogP contribution in [0.1, 0.15) is 24.5 Å². The molecule has 6 heteroatoms. The van der Waals surface area contributed by atoms with Crippen LogP contribution in [0.2, 0.25) is 0 Å². The highest BCUT2D eigenvalue weighted by Gasteiger charge is 2.25. The second kappa shape index (κ2) is 7.70. The van der Waals surface area contributed by atoms with Gasteiger partial charge in [0.1, 0.15) is 0 Å². The number of amidine groups is 1. The highest BCUT2D eigenvalue weighted by molar-refractivity contribution is 8.16. The smallest absolute Gasteiger partial charge is 0.216 e. The van der Waals surface area contributed by atoms with Crippen LogP contribution >= 0.6 is 24.2 Å². The zero-order valence-corrected chi connectivity index (χ0v) is 14.2. The molecule has 1 aromatic rings. The maximum Gasteiger partial charge on any atom is 0.216 e. The van der Waals surface area contributed by atoms with Crippen LogP contribution in [0.5, 0.6) is 0 Å². The van der Waals surface area contributed by atoms with Gasteiger partial charge in [0.25, 0.3) is 0 Å². The molecule has 2 aliphatic heterocycles. The first kappa shape index (κ1) is 16.9. The van der Waals surface area contributed by atoms with Crippen molar-refractivity contribution >= 4 is 40.9 Å². The van der Waals surface area contributed by atoms with E-state index < -0.39 is 0 Å². The molecule has 0 aliphatic carbocycles. The van der Waals surface area contributed by atoms with E-state index in [0.29, 0.717) is 6.54 Å². The molecule has 1 aromatic carbocycles. The van der Waals surface area contributed by atoms with E-state index >= 15 is 0 Å². The molecule has 2 heterocycles. The predicted octanol–water partition coefficient (Wildman–Crippen LogP) is 2.89. The van der Waals surface area contributed by atoms with Crippen molar-refractivity contribution in [3.8, 4) is 0 Å². The zero-order chi connectivity index (χ0) is 14.7. The minimum absolute atomic E-state index is 0. The minimum atomic E-state index is 0. The standard InChI is InChI=1S/C16H19N3OS.ClH/c1-12(20)17-9-7-13-3-5-14(6-4-13)15-11-21-16-18-8-2-10-19(15)16;/h3-6,11H,2,7-10H2,1H3,(H,17,20);1H. The number of nitrogens with one attached hydrogen (secondary N) is 1. The normalized spacial score (nSPS) is 16.3. The van der Waals surface area contributed by atoms with E-state index in [1.807, 2.05) is 0 Å². The topological polar surface area (TPSA) is 44.7 Å². The van der Waals surface area contributed by atoms with Crippen LogP contribution in [0.3, 0.4) is 0 Å². The molecule has 0 aromatic heterocycles. The fraction of sp³-hybridized carbons (Fsp3) is 0.375. The molecule has 1 amide bonds. The van der Waals surface area contributed by atoms with Crippen molar-refractivity contribution in [1.29, 1.82) is 0 Å². The monoisotopic (exact) mass is 337 g/mol. The lowest BCUT2D eigenvalue weighted by atomic mass is 10.1. The maximum atomic E-state index is 10.9. The van der Waals surface area contributed by atoms with E-state index in [9.17, 15) is 4.79 Å². The third-order valence-electron chi connectivity index (χ3n) is 3.62. The van der Waals surface area contributed by atoms with Gasteiger partial charge in [-0.2, -0.15) is 0 Å². The Kier molecular flexibility index (Phi) is 5.91. The van der Waals surface area contributed by atoms with Gasteiger partial charge >= 0.3 is 0 Å². The van der Waals surface area contributed by atoms with E-state index in [4.69, 9.17) is 0 Å². The Balaban J connectivity index is 0.00000176. The van der Waals surface area contributed by atoms with Gasteiger partial charge in [-0.15, -0.1) is 12.4 Å². The third kappa shape index (κ3) is 3.84. The molecule has 2 aliphatic rings. The van der Waals surface area contributed by atoms with Crippen LogP contribution in [0.15, 0.2) is 34.7 Å². The zero-order valence-electron chi connectivity index (χ0n) is 12.5. The summed E-state index contributed by atoms with van der Waals surface area (Å²) in [7, 11) is 0. The Morgan fingerprint density at radius 1 is 1.36 bits per heavy atom. The van der Waals surface area contributed by atoms with Gasteiger partial charge in [-0.3, -0.25) is 9.79 Å². The first-order valence-electron chi connectivity index (χ1n) is 7.26. The van der Waals surface area contributed by atoms with E-state index in [1.54, 1.807) is 18.7 Å². The number of fused-ring (bicyclic) bond motifs is 1. The molecular formula is C16H20ClN3OS. The van der Waals surface area contributed by atoms with Crippen molar-refractivity contribution in [2.24, 2.45) is 4.99 Å². The molecule has 0 spiro atoms. The van der Waals surface area contributed by atoms with E-state index in [-0.39, 0.29) is 18.3 Å². The van der Waals surface area contributed by atoms with Crippen molar-refractivity contribution in [3.63, 3.8) is 0 Å². The van der Waals surface area contributed by atoms with Gasteiger partial charge < -0.3 is 10.2 Å². The molecule has 0 saturated heterocycles. The fourth-order valence-electron chi connectivity index (χ4n) is 2.53. The quantitative estimate of drug-likeness (QED) is 0.918. The van der Waals surface area contributed by atoms with Crippen molar-refractivity contribution in [2.45, 2.75) is 19.8 Å². The summed E-state index contributed by atoms with van der Waals surface area (Å²) in [6.07, 6.45) is 1.99. The average molecular weight is 338 g/mol. The second-order valence-electron chi connectivity index (χ2n) is 5.22. The Bertz CT molecular complexity index is 598. The molecule has 22 heavy (non-hydrogen) atoms. The summed E-state index contributed by atoms with van der Waals surface area (Å²) in [5, 5.41) is 6.14. The van der Waals surface area contributed by atoms with Crippen LogP contribution in [0.4, 0.5) is 0 Å². The summed E-state index contributed by atoms with van der Waals surface area (Å²) in [5.41, 5.74) is 3.73. The number of amides is 1. The Labute approximate surface area is 141 Å². The van der Waals surface area contributed by atoms with E-state index in [2.05, 4.69) is 44.9 Å². The number of benzene rings is 1. The van der Waals surface area contributed by atoms with Crippen molar-refractivity contribution in [2.75, 3.05) is 19.6 Å². The van der Waals surface area contributed by atoms with Gasteiger partial charge in [0.15, 0.2) is 5.17 Å². The number of thioether (sulfide) groups is 1. The molecule has 0 fully saturated rings. The fourth-order valence-corrected chi connectivity index (χ4v) is 3.49. The lowest BCUT2D eigenvalue weighted by molar-refractivity contribution is -0.118. The molecule has 118 valence electrons. The van der Waals surface area contributed by atoms with Crippen molar-refractivity contribution in [1.82, 2.24) is 10.2 Å². The molecule has 0 atom stereocenters. The summed E-state index contributed by atoms with van der Waals surface area (Å²) in [5.74, 6) is 0.0247. The van der Waals surface area contributed by atoms with Crippen LogP contribution in [-0.4, -0.2) is 35.6 Å². The van der Waals surface area contributed by atoms with Gasteiger partial charge in [0.05, 0.1) is 5.70 Å². The van der Waals surface area contributed by atoms with Gasteiger partial charge in [-0.1, -0.05) is 36.0 Å². The SMILES string of the molecule is CC(=O)NCCc1ccc(C2=CSC3=NCCCN23)cc1.Cl. The van der Waals surface area contributed by atoms with E-state index in [1.165, 1.54) is 16.8 Å².